The van der Waals surface area contributed by atoms with Crippen molar-refractivity contribution in [2.75, 3.05) is 13.1 Å². The number of hydrogen-bond donors (Lipinski definition) is 1. The average molecular weight is 270 g/mol. The molecule has 1 heterocycles. The first kappa shape index (κ1) is 10.6. The van der Waals surface area contributed by atoms with Gasteiger partial charge in [0.15, 0.2) is 0 Å². The van der Waals surface area contributed by atoms with Crippen LogP contribution in [0.4, 0.5) is 0 Å². The van der Waals surface area contributed by atoms with Crippen molar-refractivity contribution < 1.29 is 15.2 Å². The van der Waals surface area contributed by atoms with E-state index in [1.54, 1.807) is 0 Å². The summed E-state index contributed by atoms with van der Waals surface area (Å²) in [6.45, 7) is 1.45. The molecular weight excluding hydrogens is 258 g/mol. The molecule has 80 valence electrons. The number of nitrogens with two attached hydrogens (primary N) is 1. The Labute approximate surface area is 96.6 Å². The highest BCUT2D eigenvalue weighted by atomic mass is 79.9. The summed E-state index contributed by atoms with van der Waals surface area (Å²) in [4.78, 5) is 10.9. The van der Waals surface area contributed by atoms with Crippen LogP contribution < -0.4 is 10.4 Å². The van der Waals surface area contributed by atoms with Gasteiger partial charge in [0.2, 0.25) is 0 Å². The summed E-state index contributed by atoms with van der Waals surface area (Å²) in [6, 6.07) is 7.84. The van der Waals surface area contributed by atoms with Crippen molar-refractivity contribution in [1.29, 1.82) is 0 Å². The van der Waals surface area contributed by atoms with Crippen LogP contribution in [0.1, 0.15) is 11.5 Å². The third-order valence-electron chi connectivity index (χ3n) is 2.91. The van der Waals surface area contributed by atoms with Gasteiger partial charge in [-0.3, -0.25) is 0 Å². The first-order valence-corrected chi connectivity index (χ1v) is 5.76. The van der Waals surface area contributed by atoms with E-state index in [4.69, 9.17) is 0 Å². The van der Waals surface area contributed by atoms with Crippen molar-refractivity contribution in [3.63, 3.8) is 0 Å². The summed E-state index contributed by atoms with van der Waals surface area (Å²) in [5.41, 5.74) is 1.08. The summed E-state index contributed by atoms with van der Waals surface area (Å²) < 4.78 is 0.990. The molecule has 15 heavy (non-hydrogen) atoms. The van der Waals surface area contributed by atoms with E-state index in [1.165, 1.54) is 0 Å². The maximum atomic E-state index is 10.9. The molecule has 0 spiro atoms. The summed E-state index contributed by atoms with van der Waals surface area (Å²) in [7, 11) is 0. The van der Waals surface area contributed by atoms with Crippen LogP contribution in [0.15, 0.2) is 28.7 Å². The van der Waals surface area contributed by atoms with E-state index < -0.39 is 5.97 Å². The predicted octanol–water partition coefficient (Wildman–Crippen LogP) is -0.524. The van der Waals surface area contributed by atoms with Crippen molar-refractivity contribution in [2.24, 2.45) is 5.92 Å². The number of carbonyl (C=O) groups excluding carboxylic acids is 1. The Morgan fingerprint density at radius 1 is 1.47 bits per heavy atom. The highest BCUT2D eigenvalue weighted by Gasteiger charge is 2.32. The maximum absolute atomic E-state index is 10.9. The first-order chi connectivity index (χ1) is 7.18. The third kappa shape index (κ3) is 2.21. The summed E-state index contributed by atoms with van der Waals surface area (Å²) in [5, 5.41) is 13.0. The van der Waals surface area contributed by atoms with Crippen molar-refractivity contribution in [3.05, 3.63) is 34.3 Å². The molecule has 0 unspecified atom stereocenters. The van der Waals surface area contributed by atoms with Crippen LogP contribution in [0.25, 0.3) is 0 Å². The number of carbonyl (C=O) groups is 1. The molecule has 2 rings (SSSR count). The van der Waals surface area contributed by atoms with Gasteiger partial charge in [0.25, 0.3) is 0 Å². The standard InChI is InChI=1S/C11H12BrNO2/c12-8-3-1-2-7(4-8)9-5-13-6-10(9)11(14)15/h1-4,9-10,13H,5-6H2,(H,14,15)/t9-,10+/m0/s1. The molecule has 0 saturated carbocycles. The van der Waals surface area contributed by atoms with E-state index in [0.29, 0.717) is 6.54 Å². The van der Waals surface area contributed by atoms with Crippen LogP contribution in [-0.4, -0.2) is 19.1 Å². The SMILES string of the molecule is O=C([O-])[C@@H]1C[NH2+]C[C@H]1c1cccc(Br)c1. The van der Waals surface area contributed by atoms with Crippen molar-refractivity contribution in [3.8, 4) is 0 Å². The zero-order chi connectivity index (χ0) is 10.8. The molecule has 1 aromatic rings. The van der Waals surface area contributed by atoms with Gasteiger partial charge in [-0.25, -0.2) is 0 Å². The monoisotopic (exact) mass is 269 g/mol. The quantitative estimate of drug-likeness (QED) is 0.786. The van der Waals surface area contributed by atoms with Gasteiger partial charge in [-0.05, 0) is 17.7 Å². The highest BCUT2D eigenvalue weighted by Crippen LogP contribution is 2.26. The van der Waals surface area contributed by atoms with Gasteiger partial charge >= 0.3 is 0 Å². The smallest absolute Gasteiger partial charge is 0.0845 e. The normalized spacial score (nSPS) is 25.4. The highest BCUT2D eigenvalue weighted by molar-refractivity contribution is 9.10. The van der Waals surface area contributed by atoms with Crippen LogP contribution in [0.2, 0.25) is 0 Å². The van der Waals surface area contributed by atoms with E-state index in [9.17, 15) is 9.90 Å². The van der Waals surface area contributed by atoms with Gasteiger partial charge in [-0.2, -0.15) is 0 Å². The summed E-state index contributed by atoms with van der Waals surface area (Å²) >= 11 is 3.39. The second-order valence-electron chi connectivity index (χ2n) is 3.85. The molecule has 1 aliphatic rings. The number of carboxylic acids is 1. The Balaban J connectivity index is 2.26. The van der Waals surface area contributed by atoms with Crippen LogP contribution in [-0.2, 0) is 4.79 Å². The minimum Gasteiger partial charge on any atom is -0.550 e. The summed E-state index contributed by atoms with van der Waals surface area (Å²) in [6.07, 6.45) is 0. The van der Waals surface area contributed by atoms with E-state index in [2.05, 4.69) is 15.9 Å². The number of halogens is 1. The Hall–Kier alpha value is -0.870. The number of rotatable bonds is 2. The molecule has 0 amide bonds. The number of hydrogen-bond acceptors (Lipinski definition) is 2. The maximum Gasteiger partial charge on any atom is 0.0845 e. The lowest BCUT2D eigenvalue weighted by atomic mass is 9.89. The van der Waals surface area contributed by atoms with Crippen molar-refractivity contribution >= 4 is 21.9 Å². The molecule has 0 aromatic heterocycles. The van der Waals surface area contributed by atoms with Crippen molar-refractivity contribution in [1.82, 2.24) is 0 Å². The second kappa shape index (κ2) is 4.33. The van der Waals surface area contributed by atoms with E-state index >= 15 is 0 Å². The van der Waals surface area contributed by atoms with Crippen LogP contribution in [0.5, 0.6) is 0 Å². The Morgan fingerprint density at radius 2 is 2.27 bits per heavy atom. The molecule has 1 fully saturated rings. The molecule has 1 aliphatic heterocycles. The predicted molar refractivity (Wildman–Crippen MR) is 57.0 cm³/mol. The number of quaternary nitrogens is 1. The van der Waals surface area contributed by atoms with Gasteiger partial charge in [-0.1, -0.05) is 28.1 Å². The van der Waals surface area contributed by atoms with Crippen molar-refractivity contribution in [2.45, 2.75) is 5.92 Å². The van der Waals surface area contributed by atoms with Gasteiger partial charge in [0.05, 0.1) is 25.0 Å². The van der Waals surface area contributed by atoms with Gasteiger partial charge in [0, 0.05) is 10.4 Å². The van der Waals surface area contributed by atoms with Crippen LogP contribution in [0, 0.1) is 5.92 Å². The fourth-order valence-electron chi connectivity index (χ4n) is 2.15. The van der Waals surface area contributed by atoms with E-state index in [-0.39, 0.29) is 11.8 Å². The van der Waals surface area contributed by atoms with Crippen LogP contribution in [0.3, 0.4) is 0 Å². The van der Waals surface area contributed by atoms with Gasteiger partial charge < -0.3 is 15.2 Å². The van der Waals surface area contributed by atoms with Gasteiger partial charge in [0.1, 0.15) is 0 Å². The summed E-state index contributed by atoms with van der Waals surface area (Å²) in [5.74, 6) is -1.22. The zero-order valence-corrected chi connectivity index (χ0v) is 9.74. The number of aliphatic carboxylic acids is 1. The third-order valence-corrected chi connectivity index (χ3v) is 3.40. The molecule has 0 bridgehead atoms. The molecule has 1 saturated heterocycles. The minimum absolute atomic E-state index is 0.0764. The fraction of sp³-hybridized carbons (Fsp3) is 0.364. The van der Waals surface area contributed by atoms with Gasteiger partial charge in [-0.15, -0.1) is 0 Å². The lowest BCUT2D eigenvalue weighted by Gasteiger charge is -2.17. The molecule has 2 atom stereocenters. The lowest BCUT2D eigenvalue weighted by Crippen LogP contribution is -2.81. The topological polar surface area (TPSA) is 56.7 Å². The van der Waals surface area contributed by atoms with E-state index in [1.807, 2.05) is 29.6 Å². The molecule has 0 radical (unpaired) electrons. The average Bonchev–Trinajstić information content (AvgIpc) is 2.65. The van der Waals surface area contributed by atoms with Crippen LogP contribution >= 0.6 is 15.9 Å². The Morgan fingerprint density at radius 3 is 2.93 bits per heavy atom. The number of carboxylic acid groups (broad SMARTS) is 1. The Bertz CT molecular complexity index is 381. The largest absolute Gasteiger partial charge is 0.550 e. The fourth-order valence-corrected chi connectivity index (χ4v) is 2.57. The molecular formula is C11H12BrNO2. The molecule has 3 nitrogen and oxygen atoms in total. The first-order valence-electron chi connectivity index (χ1n) is 4.96. The Kier molecular flexibility index (Phi) is 3.07. The molecule has 2 N–H and O–H groups in total. The van der Waals surface area contributed by atoms with E-state index in [0.717, 1.165) is 16.6 Å². The molecule has 1 aromatic carbocycles. The second-order valence-corrected chi connectivity index (χ2v) is 4.76. The molecule has 4 heteroatoms. The number of benzene rings is 1. The molecule has 0 aliphatic carbocycles. The lowest BCUT2D eigenvalue weighted by molar-refractivity contribution is -0.638. The zero-order valence-electron chi connectivity index (χ0n) is 8.15. The minimum atomic E-state index is -0.936.